The van der Waals surface area contributed by atoms with Crippen molar-refractivity contribution in [3.8, 4) is 0 Å². The van der Waals surface area contributed by atoms with E-state index in [2.05, 4.69) is 17.9 Å². The lowest BCUT2D eigenvalue weighted by Crippen LogP contribution is -2.35. The summed E-state index contributed by atoms with van der Waals surface area (Å²) < 4.78 is 45.2. The number of allylic oxidation sites excluding steroid dienone is 2. The van der Waals surface area contributed by atoms with E-state index in [0.717, 1.165) is 6.42 Å². The molecule has 8 rings (SSSR count). The minimum Gasteiger partial charge on any atom is -0.469 e. The topological polar surface area (TPSA) is 220 Å². The van der Waals surface area contributed by atoms with Crippen LogP contribution in [-0.2, 0) is 81.0 Å². The number of rotatable bonds is 8. The maximum absolute atomic E-state index is 12.3. The first kappa shape index (κ1) is 40.4. The molecule has 0 radical (unpaired) electrons. The van der Waals surface area contributed by atoms with Crippen LogP contribution < -0.4 is 0 Å². The molecule has 17 heteroatoms. The molecule has 0 aromatic carbocycles. The first-order chi connectivity index (χ1) is 26.8. The molecule has 4 bridgehead atoms. The smallest absolute Gasteiger partial charge is 0.320 e. The van der Waals surface area contributed by atoms with E-state index < -0.39 is 83.9 Å². The molecule has 0 amide bonds. The minimum atomic E-state index is -0.976. The summed E-state index contributed by atoms with van der Waals surface area (Å²) in [7, 11) is 5.13. The van der Waals surface area contributed by atoms with Crippen molar-refractivity contribution in [3.05, 3.63) is 61.8 Å². The van der Waals surface area contributed by atoms with Gasteiger partial charge in [-0.3, -0.25) is 38.4 Å². The molecule has 0 aromatic rings. The maximum Gasteiger partial charge on any atom is 0.320 e. The van der Waals surface area contributed by atoms with Crippen molar-refractivity contribution in [2.75, 3.05) is 28.4 Å². The lowest BCUT2D eigenvalue weighted by atomic mass is 9.83. The molecule has 300 valence electrons. The summed E-state index contributed by atoms with van der Waals surface area (Å²) in [4.78, 5) is 93.9. The van der Waals surface area contributed by atoms with Gasteiger partial charge >= 0.3 is 47.8 Å². The number of methoxy groups -OCH3 is 4. The van der Waals surface area contributed by atoms with Gasteiger partial charge in [-0.15, -0.1) is 13.2 Å². The SMILES string of the molecule is C=CC1OC(/C=C\C2OC(C=C)C3C(=O)OC(=O)C23)C(C(=O)OC)C1C(=O)OC.COC(=O)C1C2C=CC(C2)C1C(=O)OC.O=C1OC(=O)C2C3C=CC(O3)C12. The molecule has 8 aliphatic rings. The van der Waals surface area contributed by atoms with Gasteiger partial charge in [-0.1, -0.05) is 48.6 Å². The largest absolute Gasteiger partial charge is 0.469 e. The van der Waals surface area contributed by atoms with E-state index in [0.29, 0.717) is 0 Å². The summed E-state index contributed by atoms with van der Waals surface area (Å²) in [6.45, 7) is 7.26. The number of cyclic esters (lactones) is 4. The summed E-state index contributed by atoms with van der Waals surface area (Å²) in [5.74, 6) is -8.70. The van der Waals surface area contributed by atoms with Crippen LogP contribution >= 0.6 is 0 Å². The molecule has 17 nitrogen and oxygen atoms in total. The number of fused-ring (bicyclic) bond motifs is 8. The Kier molecular flexibility index (Phi) is 11.9. The fourth-order valence-corrected chi connectivity index (χ4v) is 8.95. The molecule has 56 heavy (non-hydrogen) atoms. The van der Waals surface area contributed by atoms with Gasteiger partial charge in [0.1, 0.15) is 35.5 Å². The Labute approximate surface area is 320 Å². The van der Waals surface area contributed by atoms with Crippen LogP contribution in [0.2, 0.25) is 0 Å². The first-order valence-corrected chi connectivity index (χ1v) is 17.9. The second kappa shape index (κ2) is 16.5. The molecule has 0 spiro atoms. The minimum absolute atomic E-state index is 0.145. The van der Waals surface area contributed by atoms with Gasteiger partial charge in [-0.25, -0.2) is 0 Å². The van der Waals surface area contributed by atoms with Crippen molar-refractivity contribution in [1.29, 1.82) is 0 Å². The highest BCUT2D eigenvalue weighted by Crippen LogP contribution is 2.49. The Hall–Kier alpha value is -5.26. The van der Waals surface area contributed by atoms with Gasteiger partial charge in [0, 0.05) is 0 Å². The molecule has 16 unspecified atom stereocenters. The Morgan fingerprint density at radius 2 is 0.893 bits per heavy atom. The highest BCUT2D eigenvalue weighted by Gasteiger charge is 2.60. The van der Waals surface area contributed by atoms with E-state index in [-0.39, 0.29) is 59.7 Å². The summed E-state index contributed by atoms with van der Waals surface area (Å²) in [6, 6.07) is 0. The zero-order valence-electron chi connectivity index (χ0n) is 30.9. The van der Waals surface area contributed by atoms with Crippen LogP contribution in [0.1, 0.15) is 6.42 Å². The molecular formula is C39H42O17. The predicted octanol–water partition coefficient (Wildman–Crippen LogP) is 0.754. The van der Waals surface area contributed by atoms with E-state index in [1.807, 2.05) is 24.3 Å². The van der Waals surface area contributed by atoms with Crippen LogP contribution in [0, 0.1) is 59.2 Å². The van der Waals surface area contributed by atoms with Crippen molar-refractivity contribution >= 4 is 47.8 Å². The lowest BCUT2D eigenvalue weighted by molar-refractivity contribution is -0.158. The molecule has 16 atom stereocenters. The van der Waals surface area contributed by atoms with E-state index in [1.165, 1.54) is 52.7 Å². The van der Waals surface area contributed by atoms with Gasteiger partial charge in [0.2, 0.25) is 0 Å². The van der Waals surface area contributed by atoms with Crippen LogP contribution in [0.15, 0.2) is 61.8 Å². The fourth-order valence-electron chi connectivity index (χ4n) is 8.95. The molecular weight excluding hydrogens is 740 g/mol. The Balaban J connectivity index is 0.000000162. The molecule has 6 aliphatic heterocycles. The summed E-state index contributed by atoms with van der Waals surface area (Å²) >= 11 is 0. The molecule has 0 aromatic heterocycles. The monoisotopic (exact) mass is 782 g/mol. The Bertz CT molecular complexity index is 1720. The third-order valence-corrected chi connectivity index (χ3v) is 11.5. The number of ether oxygens (including phenoxy) is 9. The van der Waals surface area contributed by atoms with Crippen LogP contribution in [0.3, 0.4) is 0 Å². The van der Waals surface area contributed by atoms with E-state index >= 15 is 0 Å². The average Bonchev–Trinajstić information content (AvgIpc) is 4.07. The number of hydrogen-bond acceptors (Lipinski definition) is 17. The number of hydrogen-bond donors (Lipinski definition) is 0. The highest BCUT2D eigenvalue weighted by atomic mass is 16.6. The number of carbonyl (C=O) groups is 8. The summed E-state index contributed by atoms with van der Waals surface area (Å²) in [6.07, 6.45) is 10.9. The number of carbonyl (C=O) groups excluding carboxylic acids is 8. The van der Waals surface area contributed by atoms with Gasteiger partial charge in [-0.2, -0.15) is 0 Å². The van der Waals surface area contributed by atoms with E-state index in [1.54, 1.807) is 0 Å². The van der Waals surface area contributed by atoms with Gasteiger partial charge in [0.25, 0.3) is 0 Å². The van der Waals surface area contributed by atoms with Crippen LogP contribution in [-0.4, -0.2) is 113 Å². The lowest BCUT2D eigenvalue weighted by Gasteiger charge is -2.23. The van der Waals surface area contributed by atoms with Crippen molar-refractivity contribution in [3.63, 3.8) is 0 Å². The van der Waals surface area contributed by atoms with E-state index in [4.69, 9.17) is 37.9 Å². The van der Waals surface area contributed by atoms with Crippen LogP contribution in [0.4, 0.5) is 0 Å². The van der Waals surface area contributed by atoms with Gasteiger partial charge in [0.15, 0.2) is 0 Å². The third-order valence-electron chi connectivity index (χ3n) is 11.5. The van der Waals surface area contributed by atoms with Gasteiger partial charge in [0.05, 0.1) is 76.9 Å². The normalized spacial score (nSPS) is 40.1. The molecule has 2 aliphatic carbocycles. The second-order valence-corrected chi connectivity index (χ2v) is 14.2. The molecule has 1 saturated carbocycles. The molecule has 5 saturated heterocycles. The zero-order chi connectivity index (χ0) is 40.6. The van der Waals surface area contributed by atoms with Gasteiger partial charge < -0.3 is 42.6 Å². The first-order valence-electron chi connectivity index (χ1n) is 17.9. The summed E-state index contributed by atoms with van der Waals surface area (Å²) in [5, 5.41) is 0. The van der Waals surface area contributed by atoms with Crippen molar-refractivity contribution in [2.24, 2.45) is 59.2 Å². The Morgan fingerprint density at radius 3 is 1.34 bits per heavy atom. The maximum atomic E-state index is 12.3. The zero-order valence-corrected chi connectivity index (χ0v) is 30.9. The Morgan fingerprint density at radius 1 is 0.518 bits per heavy atom. The van der Waals surface area contributed by atoms with Crippen LogP contribution in [0.25, 0.3) is 0 Å². The van der Waals surface area contributed by atoms with Crippen LogP contribution in [0.5, 0.6) is 0 Å². The standard InChI is InChI=1S/C20H22O9.C11H14O4.C8H6O4/c1-5-9-13(17(21)25-3)15(18(22)26-4)11(27-9)7-8-12-16-14(10(6-2)28-12)19(23)29-20(16)24;1-14-10(12)8-6-3-4-7(5-6)9(8)11(13)15-2;9-7-5-3-1-2-4(11-3)6(5)8(10)12-7/h5-16H,1-2H2,3-4H3;3-4,6-9H,5H2,1-2H3;1-6H/b8-7-;;. The molecule has 6 fully saturated rings. The molecule has 0 N–H and O–H groups in total. The quantitative estimate of drug-likeness (QED) is 0.144. The molecule has 6 heterocycles. The van der Waals surface area contributed by atoms with Crippen molar-refractivity contribution < 1.29 is 81.0 Å². The fraction of sp³-hybridized carbons (Fsp3) is 0.538. The van der Waals surface area contributed by atoms with Crippen molar-refractivity contribution in [1.82, 2.24) is 0 Å². The van der Waals surface area contributed by atoms with E-state index in [9.17, 15) is 38.4 Å². The second-order valence-electron chi connectivity index (χ2n) is 14.2. The third kappa shape index (κ3) is 7.03. The highest BCUT2D eigenvalue weighted by molar-refractivity contribution is 5.99. The van der Waals surface area contributed by atoms with Crippen molar-refractivity contribution in [2.45, 2.75) is 43.0 Å². The van der Waals surface area contributed by atoms with Gasteiger partial charge in [-0.05, 0) is 18.3 Å². The average molecular weight is 783 g/mol. The predicted molar refractivity (Wildman–Crippen MR) is 184 cm³/mol. The summed E-state index contributed by atoms with van der Waals surface area (Å²) in [5.41, 5.74) is 0. The number of esters is 8.